The number of carbonyl (C=O) groups excluding carboxylic acids is 1. The van der Waals surface area contributed by atoms with Gasteiger partial charge in [-0.25, -0.2) is 22.8 Å². The Bertz CT molecular complexity index is 1530. The number of halogens is 1. The zero-order valence-electron chi connectivity index (χ0n) is 24.2. The highest BCUT2D eigenvalue weighted by Crippen LogP contribution is 2.48. The molecule has 2 saturated carbocycles. The Kier molecular flexibility index (Phi) is 8.22. The molecule has 1 amide bonds. The number of sulfonamides is 1. The molecule has 1 N–H and O–H groups in total. The summed E-state index contributed by atoms with van der Waals surface area (Å²) >= 11 is 6.30. The number of ether oxygens (including phenoxy) is 1. The van der Waals surface area contributed by atoms with Gasteiger partial charge in [0.2, 0.25) is 5.88 Å². The molecular weight excluding hydrogens is 564 g/mol. The van der Waals surface area contributed by atoms with Crippen LogP contribution in [0.3, 0.4) is 0 Å². The van der Waals surface area contributed by atoms with Crippen molar-refractivity contribution in [2.24, 2.45) is 16.7 Å². The van der Waals surface area contributed by atoms with Gasteiger partial charge in [-0.3, -0.25) is 9.48 Å². The van der Waals surface area contributed by atoms with Crippen molar-refractivity contribution in [3.63, 3.8) is 0 Å². The number of hydrogen-bond acceptors (Lipinski definition) is 7. The number of amides is 1. The summed E-state index contributed by atoms with van der Waals surface area (Å²) in [6, 6.07) is 4.70. The molecule has 10 nitrogen and oxygen atoms in total. The van der Waals surface area contributed by atoms with Crippen molar-refractivity contribution < 1.29 is 17.9 Å². The Balaban J connectivity index is 1.18. The smallest absolute Gasteiger partial charge is 0.268 e. The Hall–Kier alpha value is -2.92. The minimum atomic E-state index is -4.17. The van der Waals surface area contributed by atoms with Crippen molar-refractivity contribution in [2.45, 2.75) is 90.5 Å². The lowest BCUT2D eigenvalue weighted by Crippen LogP contribution is -2.31. The first-order valence-corrected chi connectivity index (χ1v) is 16.2. The van der Waals surface area contributed by atoms with Crippen LogP contribution in [0.1, 0.15) is 88.2 Å². The molecule has 3 heterocycles. The number of nitrogens with zero attached hydrogens (tertiary/aromatic N) is 5. The molecule has 0 unspecified atom stereocenters. The van der Waals surface area contributed by atoms with Crippen LogP contribution in [0.5, 0.6) is 5.88 Å². The summed E-state index contributed by atoms with van der Waals surface area (Å²) < 4.78 is 37.2. The maximum atomic E-state index is 13.1. The molecule has 12 heteroatoms. The van der Waals surface area contributed by atoms with E-state index in [0.29, 0.717) is 47.3 Å². The highest BCUT2D eigenvalue weighted by atomic mass is 35.5. The zero-order chi connectivity index (χ0) is 29.4. The maximum absolute atomic E-state index is 13.1. The van der Waals surface area contributed by atoms with E-state index in [2.05, 4.69) is 40.7 Å². The van der Waals surface area contributed by atoms with Crippen LogP contribution in [0.4, 0.5) is 0 Å². The quantitative estimate of drug-likeness (QED) is 0.263. The van der Waals surface area contributed by atoms with Crippen LogP contribution >= 0.6 is 11.6 Å². The van der Waals surface area contributed by atoms with Crippen LogP contribution in [-0.2, 0) is 16.6 Å². The van der Waals surface area contributed by atoms with Crippen LogP contribution in [0.15, 0.2) is 35.5 Å². The molecule has 3 aromatic heterocycles. The van der Waals surface area contributed by atoms with E-state index in [-0.39, 0.29) is 15.6 Å². The Morgan fingerprint density at radius 3 is 2.66 bits per heavy atom. The number of rotatable bonds is 12. The van der Waals surface area contributed by atoms with E-state index in [1.165, 1.54) is 49.0 Å². The van der Waals surface area contributed by atoms with E-state index in [1.54, 1.807) is 29.9 Å². The van der Waals surface area contributed by atoms with Crippen molar-refractivity contribution in [3.8, 4) is 11.7 Å². The molecule has 222 valence electrons. The second-order valence-electron chi connectivity index (χ2n) is 12.7. The number of aromatic nitrogens is 5. The normalized spacial score (nSPS) is 19.3. The van der Waals surface area contributed by atoms with Gasteiger partial charge in [0.25, 0.3) is 15.9 Å². The van der Waals surface area contributed by atoms with Crippen molar-refractivity contribution in [1.29, 1.82) is 0 Å². The summed E-state index contributed by atoms with van der Waals surface area (Å²) in [6.07, 6.45) is 12.2. The standard InChI is InChI=1S/C29H39ClN6O4S/c1-20-23(19-31-35(20)15-5-6-21-9-11-28(2,3)18-21)41(38,39)34-27(37)22-7-8-24(32-26(22)30)36-16-10-25(33-36)40-17-14-29(4)12-13-29/h7-8,10,16,19,21H,5-6,9,11-15,17-18H2,1-4H3,(H,34,37)/t21-/m1/s1. The highest BCUT2D eigenvalue weighted by Gasteiger charge is 2.36. The van der Waals surface area contributed by atoms with Gasteiger partial charge >= 0.3 is 0 Å². The molecule has 2 fully saturated rings. The molecule has 1 atom stereocenters. The molecule has 0 bridgehead atoms. The second kappa shape index (κ2) is 11.4. The monoisotopic (exact) mass is 602 g/mol. The fraction of sp³-hybridized carbons (Fsp3) is 0.586. The lowest BCUT2D eigenvalue weighted by Gasteiger charge is -2.17. The molecule has 5 rings (SSSR count). The molecule has 41 heavy (non-hydrogen) atoms. The zero-order valence-corrected chi connectivity index (χ0v) is 25.8. The molecule has 0 radical (unpaired) electrons. The lowest BCUT2D eigenvalue weighted by molar-refractivity contribution is 0.0981. The fourth-order valence-corrected chi connectivity index (χ4v) is 6.99. The van der Waals surface area contributed by atoms with Crippen LogP contribution < -0.4 is 9.46 Å². The third-order valence-electron chi connectivity index (χ3n) is 8.56. The molecule has 0 saturated heterocycles. The van der Waals surface area contributed by atoms with Gasteiger partial charge in [-0.15, -0.1) is 5.10 Å². The van der Waals surface area contributed by atoms with Gasteiger partial charge in [0.05, 0.1) is 24.1 Å². The van der Waals surface area contributed by atoms with Gasteiger partial charge in [-0.2, -0.15) is 5.10 Å². The first-order valence-electron chi connectivity index (χ1n) is 14.3. The van der Waals surface area contributed by atoms with E-state index in [9.17, 15) is 13.2 Å². The van der Waals surface area contributed by atoms with E-state index in [1.807, 2.05) is 0 Å². The first kappa shape index (κ1) is 29.6. The van der Waals surface area contributed by atoms with Gasteiger partial charge in [0, 0.05) is 18.8 Å². The van der Waals surface area contributed by atoms with Gasteiger partial charge < -0.3 is 4.74 Å². The summed E-state index contributed by atoms with van der Waals surface area (Å²) in [4.78, 5) is 17.1. The van der Waals surface area contributed by atoms with E-state index >= 15 is 0 Å². The molecule has 0 aromatic carbocycles. The van der Waals surface area contributed by atoms with E-state index in [4.69, 9.17) is 16.3 Å². The van der Waals surface area contributed by atoms with Crippen molar-refractivity contribution in [2.75, 3.05) is 6.61 Å². The maximum Gasteiger partial charge on any atom is 0.268 e. The SMILES string of the molecule is Cc1c(S(=O)(=O)NC(=O)c2ccc(-n3ccc(OCCC4(C)CC4)n3)nc2Cl)cnn1CCC[C@@H]1CCC(C)(C)C1. The lowest BCUT2D eigenvalue weighted by atomic mass is 9.89. The van der Waals surface area contributed by atoms with Crippen LogP contribution in [0, 0.1) is 23.7 Å². The molecule has 2 aliphatic carbocycles. The Morgan fingerprint density at radius 2 is 1.98 bits per heavy atom. The summed E-state index contributed by atoms with van der Waals surface area (Å²) in [5.41, 5.74) is 1.23. The molecule has 2 aliphatic rings. The summed E-state index contributed by atoms with van der Waals surface area (Å²) in [5.74, 6) is 0.677. The predicted molar refractivity (Wildman–Crippen MR) is 156 cm³/mol. The second-order valence-corrected chi connectivity index (χ2v) is 14.7. The summed E-state index contributed by atoms with van der Waals surface area (Å²) in [5, 5.41) is 8.50. The molecular formula is C29H39ClN6O4S. The Morgan fingerprint density at radius 1 is 1.20 bits per heavy atom. The number of carbonyl (C=O) groups is 1. The van der Waals surface area contributed by atoms with E-state index < -0.39 is 15.9 Å². The molecule has 3 aromatic rings. The molecule has 0 aliphatic heterocycles. The fourth-order valence-electron chi connectivity index (χ4n) is 5.61. The first-order chi connectivity index (χ1) is 19.3. The summed E-state index contributed by atoms with van der Waals surface area (Å²) in [6.45, 7) is 9.79. The van der Waals surface area contributed by atoms with Crippen LogP contribution in [0.2, 0.25) is 5.15 Å². The van der Waals surface area contributed by atoms with Crippen molar-refractivity contribution in [3.05, 3.63) is 47.0 Å². The third-order valence-corrected chi connectivity index (χ3v) is 10.3. The average molecular weight is 603 g/mol. The molecule has 0 spiro atoms. The van der Waals surface area contributed by atoms with Crippen LogP contribution in [-0.4, -0.2) is 45.5 Å². The number of pyridine rings is 1. The van der Waals surface area contributed by atoms with Gasteiger partial charge in [0.15, 0.2) is 5.82 Å². The Labute approximate surface area is 246 Å². The number of nitrogens with one attached hydrogen (secondary N) is 1. The van der Waals surface area contributed by atoms with Crippen molar-refractivity contribution in [1.82, 2.24) is 29.3 Å². The van der Waals surface area contributed by atoms with Gasteiger partial charge in [0.1, 0.15) is 10.0 Å². The van der Waals surface area contributed by atoms with Crippen molar-refractivity contribution >= 4 is 27.5 Å². The average Bonchev–Trinajstić information content (AvgIpc) is 3.21. The highest BCUT2D eigenvalue weighted by molar-refractivity contribution is 7.90. The minimum Gasteiger partial charge on any atom is -0.477 e. The van der Waals surface area contributed by atoms with Gasteiger partial charge in [-0.1, -0.05) is 32.4 Å². The third kappa shape index (κ3) is 7.12. The largest absolute Gasteiger partial charge is 0.477 e. The topological polar surface area (TPSA) is 121 Å². The predicted octanol–water partition coefficient (Wildman–Crippen LogP) is 5.72. The number of hydrogen-bond donors (Lipinski definition) is 1. The minimum absolute atomic E-state index is 0.0340. The van der Waals surface area contributed by atoms with Crippen LogP contribution in [0.25, 0.3) is 5.82 Å². The van der Waals surface area contributed by atoms with Gasteiger partial charge in [-0.05, 0) is 87.2 Å². The van der Waals surface area contributed by atoms with E-state index in [0.717, 1.165) is 19.3 Å². The number of aryl methyl sites for hydroxylation is 1. The summed E-state index contributed by atoms with van der Waals surface area (Å²) in [7, 11) is -4.17.